The van der Waals surface area contributed by atoms with Gasteiger partial charge in [-0.3, -0.25) is 9.35 Å². The van der Waals surface area contributed by atoms with E-state index in [2.05, 4.69) is 11.9 Å². The first-order chi connectivity index (χ1) is 5.41. The van der Waals surface area contributed by atoms with Gasteiger partial charge in [-0.1, -0.05) is 14.0 Å². The predicted octanol–water partition coefficient (Wildman–Crippen LogP) is 0.303. The molecule has 1 fully saturated rings. The van der Waals surface area contributed by atoms with Crippen LogP contribution in [-0.2, 0) is 14.9 Å². The van der Waals surface area contributed by atoms with Crippen LogP contribution >= 0.6 is 0 Å². The summed E-state index contributed by atoms with van der Waals surface area (Å²) in [4.78, 5) is 10.9. The van der Waals surface area contributed by atoms with E-state index in [4.69, 9.17) is 4.55 Å². The highest BCUT2D eigenvalue weighted by Crippen LogP contribution is 2.15. The average Bonchev–Trinajstić information content (AvgIpc) is 1.92. The minimum absolute atomic E-state index is 0. The summed E-state index contributed by atoms with van der Waals surface area (Å²) in [5, 5.41) is 0.959. The van der Waals surface area contributed by atoms with Gasteiger partial charge < -0.3 is 5.32 Å². The van der Waals surface area contributed by atoms with Crippen molar-refractivity contribution >= 4 is 16.0 Å². The van der Waals surface area contributed by atoms with Crippen LogP contribution in [-0.4, -0.2) is 24.3 Å². The molecular formula is C7H13NO4S. The zero-order valence-corrected chi connectivity index (χ0v) is 7.10. The summed E-state index contributed by atoms with van der Waals surface area (Å²) in [6, 6.07) is 0. The van der Waals surface area contributed by atoms with Gasteiger partial charge in [0.15, 0.2) is 5.37 Å². The van der Waals surface area contributed by atoms with E-state index in [0.29, 0.717) is 12.0 Å². The normalized spacial score (nSPS) is 23.3. The maximum Gasteiger partial charge on any atom is 0.286 e. The molecule has 0 saturated carbocycles. The number of piperidine rings is 1. The number of carbonyl (C=O) groups is 1. The van der Waals surface area contributed by atoms with E-state index in [-0.39, 0.29) is 13.8 Å². The summed E-state index contributed by atoms with van der Waals surface area (Å²) >= 11 is 0. The van der Waals surface area contributed by atoms with Crippen LogP contribution in [0.1, 0.15) is 20.3 Å². The fraction of sp³-hybridized carbons (Fsp3) is 0.571. The summed E-state index contributed by atoms with van der Waals surface area (Å²) in [7, 11) is -4.16. The Balaban J connectivity index is 0.00000144. The summed E-state index contributed by atoms with van der Waals surface area (Å²) in [6.45, 7) is 3.42. The van der Waals surface area contributed by atoms with Gasteiger partial charge in [-0.25, -0.2) is 0 Å². The van der Waals surface area contributed by atoms with Gasteiger partial charge in [0.25, 0.3) is 10.1 Å². The van der Waals surface area contributed by atoms with Gasteiger partial charge >= 0.3 is 0 Å². The predicted molar refractivity (Wildman–Crippen MR) is 48.6 cm³/mol. The molecule has 1 heterocycles. The van der Waals surface area contributed by atoms with Gasteiger partial charge in [-0.15, -0.1) is 0 Å². The Morgan fingerprint density at radius 3 is 2.46 bits per heavy atom. The quantitative estimate of drug-likeness (QED) is 0.478. The van der Waals surface area contributed by atoms with Crippen molar-refractivity contribution in [2.24, 2.45) is 0 Å². The third kappa shape index (κ3) is 2.82. The molecule has 2 N–H and O–H groups in total. The number of amides is 1. The van der Waals surface area contributed by atoms with Gasteiger partial charge in [0.2, 0.25) is 5.91 Å². The van der Waals surface area contributed by atoms with Crippen molar-refractivity contribution in [1.82, 2.24) is 5.32 Å². The van der Waals surface area contributed by atoms with Crippen molar-refractivity contribution in [1.29, 1.82) is 0 Å². The Morgan fingerprint density at radius 2 is 2.08 bits per heavy atom. The molecular weight excluding hydrogens is 194 g/mol. The third-order valence-corrected chi connectivity index (χ3v) is 2.75. The van der Waals surface area contributed by atoms with Crippen LogP contribution in [0.2, 0.25) is 0 Å². The second-order valence-electron chi connectivity index (χ2n) is 2.62. The molecule has 0 aromatic carbocycles. The lowest BCUT2D eigenvalue weighted by Gasteiger charge is -2.21. The maximum atomic E-state index is 10.9. The highest BCUT2D eigenvalue weighted by Gasteiger charge is 2.29. The molecule has 1 unspecified atom stereocenters. The summed E-state index contributed by atoms with van der Waals surface area (Å²) in [5.74, 6) is -0.510. The Labute approximate surface area is 77.6 Å². The van der Waals surface area contributed by atoms with E-state index < -0.39 is 21.4 Å². The number of hydrogen-bond acceptors (Lipinski definition) is 3. The Bertz CT molecular complexity index is 319. The van der Waals surface area contributed by atoms with E-state index >= 15 is 0 Å². The molecule has 1 rings (SSSR count). The Hall–Kier alpha value is -0.880. The number of rotatable bonds is 1. The van der Waals surface area contributed by atoms with Crippen molar-refractivity contribution in [3.8, 4) is 0 Å². The fourth-order valence-electron chi connectivity index (χ4n) is 0.963. The van der Waals surface area contributed by atoms with Crippen molar-refractivity contribution in [2.75, 3.05) is 0 Å². The van der Waals surface area contributed by atoms with Crippen LogP contribution in [0.15, 0.2) is 12.2 Å². The highest BCUT2D eigenvalue weighted by atomic mass is 32.2. The number of hydrogen-bond donors (Lipinski definition) is 2. The van der Waals surface area contributed by atoms with Gasteiger partial charge in [-0.2, -0.15) is 8.42 Å². The van der Waals surface area contributed by atoms with E-state index in [9.17, 15) is 13.2 Å². The molecule has 0 radical (unpaired) electrons. The molecule has 0 aromatic heterocycles. The smallest absolute Gasteiger partial charge is 0.286 e. The maximum absolute atomic E-state index is 10.9. The van der Waals surface area contributed by atoms with Crippen molar-refractivity contribution in [2.45, 2.75) is 25.6 Å². The first kappa shape index (κ1) is 12.1. The first-order valence-electron chi connectivity index (χ1n) is 3.36. The largest absolute Gasteiger partial charge is 0.334 e. The topological polar surface area (TPSA) is 83.5 Å². The lowest BCUT2D eigenvalue weighted by atomic mass is 10.1. The van der Waals surface area contributed by atoms with Gasteiger partial charge in [-0.05, 0) is 12.8 Å². The van der Waals surface area contributed by atoms with E-state index in [1.165, 1.54) is 0 Å². The van der Waals surface area contributed by atoms with Crippen molar-refractivity contribution in [3.63, 3.8) is 0 Å². The van der Waals surface area contributed by atoms with Gasteiger partial charge in [0, 0.05) is 5.57 Å². The number of carbonyl (C=O) groups excluding carboxylic acids is 1. The third-order valence-electron chi connectivity index (χ3n) is 1.68. The molecule has 6 heteroatoms. The summed E-state index contributed by atoms with van der Waals surface area (Å²) in [6.07, 6.45) is 0.486. The molecule has 76 valence electrons. The molecule has 1 amide bonds. The molecule has 0 bridgehead atoms. The van der Waals surface area contributed by atoms with E-state index in [0.717, 1.165) is 0 Å². The van der Waals surface area contributed by atoms with Crippen LogP contribution in [0.25, 0.3) is 0 Å². The highest BCUT2D eigenvalue weighted by molar-refractivity contribution is 7.86. The SMILES string of the molecule is C.C=C1CCC(S(=O)(=O)O)NC1=O. The minimum Gasteiger partial charge on any atom is -0.334 e. The molecule has 0 aliphatic carbocycles. The van der Waals surface area contributed by atoms with Gasteiger partial charge in [0.05, 0.1) is 0 Å². The van der Waals surface area contributed by atoms with Crippen molar-refractivity contribution in [3.05, 3.63) is 12.2 Å². The molecule has 0 aromatic rings. The minimum atomic E-state index is -4.16. The lowest BCUT2D eigenvalue weighted by molar-refractivity contribution is -0.118. The second-order valence-corrected chi connectivity index (χ2v) is 4.22. The zero-order valence-electron chi connectivity index (χ0n) is 6.28. The van der Waals surface area contributed by atoms with E-state index in [1.54, 1.807) is 0 Å². The molecule has 1 saturated heterocycles. The lowest BCUT2D eigenvalue weighted by Crippen LogP contribution is -2.44. The average molecular weight is 207 g/mol. The monoisotopic (exact) mass is 207 g/mol. The molecule has 1 aliphatic rings. The first-order valence-corrected chi connectivity index (χ1v) is 4.86. The molecule has 1 atom stereocenters. The van der Waals surface area contributed by atoms with Crippen LogP contribution in [0.4, 0.5) is 0 Å². The number of nitrogens with one attached hydrogen (secondary N) is 1. The van der Waals surface area contributed by atoms with Gasteiger partial charge in [0.1, 0.15) is 0 Å². The Kier molecular flexibility index (Phi) is 3.62. The standard InChI is InChI=1S/C6H9NO4S.CH4/c1-4-2-3-5(7-6(4)8)12(9,10)11;/h5H,1-3H2,(H,7,8)(H,9,10,11);1H4. The van der Waals surface area contributed by atoms with Crippen LogP contribution in [0, 0.1) is 0 Å². The van der Waals surface area contributed by atoms with Crippen LogP contribution in [0.3, 0.4) is 0 Å². The molecule has 5 nitrogen and oxygen atoms in total. The summed E-state index contributed by atoms with van der Waals surface area (Å²) in [5.41, 5.74) is 0.343. The second kappa shape index (κ2) is 3.89. The van der Waals surface area contributed by atoms with Crippen LogP contribution < -0.4 is 5.32 Å². The van der Waals surface area contributed by atoms with E-state index in [1.807, 2.05) is 0 Å². The molecule has 13 heavy (non-hydrogen) atoms. The fourth-order valence-corrected chi connectivity index (χ4v) is 1.63. The van der Waals surface area contributed by atoms with Crippen LogP contribution in [0.5, 0.6) is 0 Å². The molecule has 1 aliphatic heterocycles. The Morgan fingerprint density at radius 1 is 1.54 bits per heavy atom. The molecule has 0 spiro atoms. The van der Waals surface area contributed by atoms with Crippen molar-refractivity contribution < 1.29 is 17.8 Å². The zero-order chi connectivity index (χ0) is 9.35. The summed E-state index contributed by atoms with van der Waals surface area (Å²) < 4.78 is 29.7.